The van der Waals surface area contributed by atoms with Crippen LogP contribution in [0.15, 0.2) is 47.7 Å². The number of rotatable bonds is 5. The molecule has 4 nitrogen and oxygen atoms in total. The average molecular weight is 260 g/mol. The molecule has 0 saturated heterocycles. The molecule has 0 amide bonds. The molecular weight excluding hydrogens is 244 g/mol. The summed E-state index contributed by atoms with van der Waals surface area (Å²) in [5.74, 6) is -1.74. The van der Waals surface area contributed by atoms with Gasteiger partial charge in [0.1, 0.15) is 11.3 Å². The van der Waals surface area contributed by atoms with Crippen molar-refractivity contribution in [2.24, 2.45) is 0 Å². The second-order valence-electron chi connectivity index (χ2n) is 3.78. The molecule has 0 heterocycles. The number of aliphatic hydroxyl groups is 1. The summed E-state index contributed by atoms with van der Waals surface area (Å²) in [6.07, 6.45) is 2.92. The number of aliphatic hydroxyl groups excluding tert-OH is 1. The van der Waals surface area contributed by atoms with E-state index in [0.29, 0.717) is 0 Å². The fourth-order valence-corrected chi connectivity index (χ4v) is 1.45. The fourth-order valence-electron chi connectivity index (χ4n) is 1.45. The van der Waals surface area contributed by atoms with Crippen LogP contribution in [0.4, 0.5) is 0 Å². The number of carbonyl (C=O) groups excluding carboxylic acids is 2. The van der Waals surface area contributed by atoms with Gasteiger partial charge in [0.25, 0.3) is 0 Å². The molecule has 0 spiro atoms. The predicted molar refractivity (Wildman–Crippen MR) is 72.4 cm³/mol. The monoisotopic (exact) mass is 260 g/mol. The van der Waals surface area contributed by atoms with Crippen LogP contribution < -0.4 is 0 Å². The van der Waals surface area contributed by atoms with Crippen LogP contribution in [0.2, 0.25) is 0 Å². The molecule has 0 unspecified atom stereocenters. The summed E-state index contributed by atoms with van der Waals surface area (Å²) in [4.78, 5) is 22.9. The summed E-state index contributed by atoms with van der Waals surface area (Å²) >= 11 is 0. The van der Waals surface area contributed by atoms with Crippen molar-refractivity contribution >= 4 is 17.8 Å². The van der Waals surface area contributed by atoms with Gasteiger partial charge in [0.05, 0.1) is 6.61 Å². The SMILES string of the molecule is CCOC(=O)/C(C(C)=O)=C(O)\C=C\c1ccccc1. The lowest BCUT2D eigenvalue weighted by Crippen LogP contribution is -2.15. The third-order valence-corrected chi connectivity index (χ3v) is 2.32. The molecule has 4 heteroatoms. The van der Waals surface area contributed by atoms with Crippen molar-refractivity contribution in [1.29, 1.82) is 0 Å². The molecule has 0 atom stereocenters. The van der Waals surface area contributed by atoms with E-state index in [2.05, 4.69) is 0 Å². The molecule has 0 fully saturated rings. The van der Waals surface area contributed by atoms with Gasteiger partial charge in [-0.05, 0) is 25.5 Å². The van der Waals surface area contributed by atoms with Crippen molar-refractivity contribution in [2.45, 2.75) is 13.8 Å². The van der Waals surface area contributed by atoms with E-state index in [1.807, 2.05) is 30.3 Å². The van der Waals surface area contributed by atoms with Crippen LogP contribution in [0.25, 0.3) is 6.08 Å². The molecule has 0 bridgehead atoms. The molecule has 0 saturated carbocycles. The summed E-state index contributed by atoms with van der Waals surface area (Å²) in [5, 5.41) is 9.81. The van der Waals surface area contributed by atoms with E-state index in [1.165, 1.54) is 13.0 Å². The van der Waals surface area contributed by atoms with Crippen LogP contribution >= 0.6 is 0 Å². The van der Waals surface area contributed by atoms with Gasteiger partial charge < -0.3 is 9.84 Å². The maximum absolute atomic E-state index is 11.5. The first kappa shape index (κ1) is 14.7. The maximum Gasteiger partial charge on any atom is 0.345 e. The van der Waals surface area contributed by atoms with Crippen LogP contribution in [0.1, 0.15) is 19.4 Å². The highest BCUT2D eigenvalue weighted by Gasteiger charge is 2.19. The van der Waals surface area contributed by atoms with Gasteiger partial charge in [-0.3, -0.25) is 4.79 Å². The van der Waals surface area contributed by atoms with E-state index in [9.17, 15) is 14.7 Å². The summed E-state index contributed by atoms with van der Waals surface area (Å²) in [7, 11) is 0. The summed E-state index contributed by atoms with van der Waals surface area (Å²) in [5.41, 5.74) is 0.509. The third-order valence-electron chi connectivity index (χ3n) is 2.32. The quantitative estimate of drug-likeness (QED) is 0.221. The van der Waals surface area contributed by atoms with Gasteiger partial charge >= 0.3 is 5.97 Å². The predicted octanol–water partition coefficient (Wildman–Crippen LogP) is 2.66. The smallest absolute Gasteiger partial charge is 0.345 e. The lowest BCUT2D eigenvalue weighted by molar-refractivity contribution is -0.140. The molecule has 1 aromatic rings. The molecule has 0 aliphatic rings. The van der Waals surface area contributed by atoms with Gasteiger partial charge in [-0.1, -0.05) is 36.4 Å². The van der Waals surface area contributed by atoms with E-state index in [-0.39, 0.29) is 12.2 Å². The van der Waals surface area contributed by atoms with Gasteiger partial charge in [-0.15, -0.1) is 0 Å². The largest absolute Gasteiger partial charge is 0.507 e. The van der Waals surface area contributed by atoms with Crippen LogP contribution in [0, 0.1) is 0 Å². The highest BCUT2D eigenvalue weighted by Crippen LogP contribution is 2.10. The van der Waals surface area contributed by atoms with Gasteiger partial charge in [0.15, 0.2) is 5.78 Å². The number of ether oxygens (including phenoxy) is 1. The number of ketones is 1. The number of esters is 1. The normalized spacial score (nSPS) is 12.1. The van der Waals surface area contributed by atoms with E-state index in [0.717, 1.165) is 5.56 Å². The first-order chi connectivity index (χ1) is 9.06. The Hall–Kier alpha value is -2.36. The highest BCUT2D eigenvalue weighted by molar-refractivity contribution is 6.17. The van der Waals surface area contributed by atoms with Crippen molar-refractivity contribution in [3.8, 4) is 0 Å². The minimum atomic E-state index is -0.815. The van der Waals surface area contributed by atoms with Crippen LogP contribution in [-0.2, 0) is 14.3 Å². The van der Waals surface area contributed by atoms with Crippen LogP contribution in [0.3, 0.4) is 0 Å². The number of hydrogen-bond donors (Lipinski definition) is 1. The Bertz CT molecular complexity index is 512. The Kier molecular flexibility index (Phi) is 5.54. The molecule has 0 aliphatic carbocycles. The molecule has 0 radical (unpaired) electrons. The molecule has 19 heavy (non-hydrogen) atoms. The Balaban J connectivity index is 3.00. The maximum atomic E-state index is 11.5. The van der Waals surface area contributed by atoms with Gasteiger partial charge in [0, 0.05) is 0 Å². The molecule has 0 aromatic heterocycles. The average Bonchev–Trinajstić information content (AvgIpc) is 2.37. The van der Waals surface area contributed by atoms with Crippen molar-refractivity contribution < 1.29 is 19.4 Å². The molecular formula is C15H16O4. The second-order valence-corrected chi connectivity index (χ2v) is 3.78. The molecule has 1 rings (SSSR count). The first-order valence-electron chi connectivity index (χ1n) is 5.90. The molecule has 1 aromatic carbocycles. The summed E-state index contributed by atoms with van der Waals surface area (Å²) < 4.78 is 4.73. The van der Waals surface area contributed by atoms with E-state index in [4.69, 9.17) is 4.74 Å². The van der Waals surface area contributed by atoms with Crippen molar-refractivity contribution in [2.75, 3.05) is 6.61 Å². The standard InChI is InChI=1S/C15H16O4/c1-3-19-15(18)14(11(2)16)13(17)10-9-12-7-5-4-6-8-12/h4-10,17H,3H2,1-2H3/b10-9+,14-13+. The lowest BCUT2D eigenvalue weighted by atomic mass is 10.1. The van der Waals surface area contributed by atoms with Crippen molar-refractivity contribution in [1.82, 2.24) is 0 Å². The van der Waals surface area contributed by atoms with Crippen molar-refractivity contribution in [3.63, 3.8) is 0 Å². The number of allylic oxidation sites excluding steroid dienone is 1. The van der Waals surface area contributed by atoms with Crippen molar-refractivity contribution in [3.05, 3.63) is 53.3 Å². The minimum Gasteiger partial charge on any atom is -0.507 e. The van der Waals surface area contributed by atoms with E-state index >= 15 is 0 Å². The van der Waals surface area contributed by atoms with Gasteiger partial charge in [-0.2, -0.15) is 0 Å². The van der Waals surface area contributed by atoms with Gasteiger partial charge in [-0.25, -0.2) is 4.79 Å². The second kappa shape index (κ2) is 7.16. The lowest BCUT2D eigenvalue weighted by Gasteiger charge is -2.04. The summed E-state index contributed by atoms with van der Waals surface area (Å²) in [6, 6.07) is 9.23. The topological polar surface area (TPSA) is 63.6 Å². The molecule has 1 N–H and O–H groups in total. The highest BCUT2D eigenvalue weighted by atomic mass is 16.5. The minimum absolute atomic E-state index is 0.144. The number of benzene rings is 1. The van der Waals surface area contributed by atoms with E-state index in [1.54, 1.807) is 13.0 Å². The molecule has 0 aliphatic heterocycles. The Labute approximate surface area is 112 Å². The number of hydrogen-bond acceptors (Lipinski definition) is 4. The Morgan fingerprint density at radius 2 is 1.89 bits per heavy atom. The number of carbonyl (C=O) groups is 2. The zero-order valence-corrected chi connectivity index (χ0v) is 10.9. The van der Waals surface area contributed by atoms with E-state index < -0.39 is 17.5 Å². The van der Waals surface area contributed by atoms with Crippen LogP contribution in [0.5, 0.6) is 0 Å². The fraction of sp³-hybridized carbons (Fsp3) is 0.200. The zero-order valence-electron chi connectivity index (χ0n) is 10.9. The third kappa shape index (κ3) is 4.43. The zero-order chi connectivity index (χ0) is 14.3. The molecule has 100 valence electrons. The Morgan fingerprint density at radius 3 is 2.42 bits per heavy atom. The number of Topliss-reactive ketones (excluding diaryl/α,β-unsaturated/α-hetero) is 1. The van der Waals surface area contributed by atoms with Gasteiger partial charge in [0.2, 0.25) is 0 Å². The van der Waals surface area contributed by atoms with Crippen LogP contribution in [-0.4, -0.2) is 23.5 Å². The first-order valence-corrected chi connectivity index (χ1v) is 5.90. The Morgan fingerprint density at radius 1 is 1.26 bits per heavy atom. The summed E-state index contributed by atoms with van der Waals surface area (Å²) in [6.45, 7) is 2.98.